The van der Waals surface area contributed by atoms with Crippen LogP contribution in [0.25, 0.3) is 0 Å². The third-order valence-corrected chi connectivity index (χ3v) is 4.10. The zero-order valence-corrected chi connectivity index (χ0v) is 14.5. The highest BCUT2D eigenvalue weighted by Crippen LogP contribution is 2.29. The molecule has 0 bridgehead atoms. The molecule has 1 heterocycles. The van der Waals surface area contributed by atoms with Gasteiger partial charge in [0.05, 0.1) is 10.6 Å². The van der Waals surface area contributed by atoms with Crippen LogP contribution in [0.3, 0.4) is 0 Å². The van der Waals surface area contributed by atoms with Crippen LogP contribution in [0.1, 0.15) is 24.4 Å². The second-order valence-corrected chi connectivity index (χ2v) is 5.99. The summed E-state index contributed by atoms with van der Waals surface area (Å²) in [4.78, 5) is 22.8. The Labute approximate surface area is 143 Å². The number of hydrogen-bond acceptors (Lipinski definition) is 4. The Hall–Kier alpha value is -2.36. The van der Waals surface area contributed by atoms with Gasteiger partial charge in [-0.3, -0.25) is 19.6 Å². The lowest BCUT2D eigenvalue weighted by Crippen LogP contribution is -2.26. The molecular weight excluding hydrogens is 390 g/mol. The van der Waals surface area contributed by atoms with Crippen molar-refractivity contribution in [1.82, 2.24) is 9.78 Å². The van der Waals surface area contributed by atoms with Gasteiger partial charge in [0.15, 0.2) is 5.82 Å². The van der Waals surface area contributed by atoms with Crippen molar-refractivity contribution in [1.29, 1.82) is 0 Å². The van der Waals surface area contributed by atoms with Gasteiger partial charge in [-0.05, 0) is 42.8 Å². The number of nitrogens with zero attached hydrogens (tertiary/aromatic N) is 3. The van der Waals surface area contributed by atoms with E-state index >= 15 is 0 Å². The van der Waals surface area contributed by atoms with Crippen LogP contribution in [0.4, 0.5) is 20.2 Å². The standard InChI is InChI=1S/C14H13BrF2N4O3/c1-6-13(21(23)24)7(2)20(19-6)8(3)14(22)18-12-10(15)4-9(16)5-11(12)17/h4-5,8H,1-3H3,(H,18,22). The van der Waals surface area contributed by atoms with Gasteiger partial charge in [-0.1, -0.05) is 0 Å². The van der Waals surface area contributed by atoms with Gasteiger partial charge in [0.2, 0.25) is 5.91 Å². The second kappa shape index (κ2) is 6.63. The van der Waals surface area contributed by atoms with Crippen molar-refractivity contribution in [2.45, 2.75) is 26.8 Å². The lowest BCUT2D eigenvalue weighted by atomic mass is 10.2. The predicted molar refractivity (Wildman–Crippen MR) is 85.8 cm³/mol. The third-order valence-electron chi connectivity index (χ3n) is 3.47. The SMILES string of the molecule is Cc1nn(C(C)C(=O)Nc2c(F)cc(F)cc2Br)c(C)c1[N+](=O)[O-]. The van der Waals surface area contributed by atoms with Crippen molar-refractivity contribution in [3.8, 4) is 0 Å². The van der Waals surface area contributed by atoms with Gasteiger partial charge in [-0.15, -0.1) is 0 Å². The van der Waals surface area contributed by atoms with Crippen molar-refractivity contribution < 1.29 is 18.5 Å². The predicted octanol–water partition coefficient (Wildman–Crippen LogP) is 3.65. The fourth-order valence-corrected chi connectivity index (χ4v) is 2.80. The minimum atomic E-state index is -0.943. The maximum Gasteiger partial charge on any atom is 0.312 e. The van der Waals surface area contributed by atoms with Crippen molar-refractivity contribution >= 4 is 33.2 Å². The first-order chi connectivity index (χ1) is 11.1. The number of amides is 1. The Bertz CT molecular complexity index is 815. The molecule has 24 heavy (non-hydrogen) atoms. The molecule has 1 unspecified atom stereocenters. The van der Waals surface area contributed by atoms with Gasteiger partial charge in [0.25, 0.3) is 0 Å². The maximum atomic E-state index is 13.8. The van der Waals surface area contributed by atoms with E-state index in [0.29, 0.717) is 6.07 Å². The summed E-state index contributed by atoms with van der Waals surface area (Å²) in [5, 5.41) is 17.4. The van der Waals surface area contributed by atoms with Gasteiger partial charge in [-0.2, -0.15) is 5.10 Å². The molecule has 128 valence electrons. The number of aryl methyl sites for hydroxylation is 1. The van der Waals surface area contributed by atoms with Gasteiger partial charge < -0.3 is 5.32 Å². The molecule has 1 amide bonds. The summed E-state index contributed by atoms with van der Waals surface area (Å²) in [5.41, 5.74) is -0.0156. The number of benzene rings is 1. The average Bonchev–Trinajstić information content (AvgIpc) is 2.76. The molecule has 1 aromatic carbocycles. The summed E-state index contributed by atoms with van der Waals surface area (Å²) in [5.74, 6) is -2.39. The summed E-state index contributed by atoms with van der Waals surface area (Å²) >= 11 is 2.97. The first-order valence-corrected chi connectivity index (χ1v) is 7.58. The van der Waals surface area contributed by atoms with Crippen LogP contribution in [0.5, 0.6) is 0 Å². The van der Waals surface area contributed by atoms with E-state index in [-0.39, 0.29) is 27.2 Å². The van der Waals surface area contributed by atoms with E-state index in [1.807, 2.05) is 0 Å². The summed E-state index contributed by atoms with van der Waals surface area (Å²) in [6.07, 6.45) is 0. The summed E-state index contributed by atoms with van der Waals surface area (Å²) in [6.45, 7) is 4.40. The van der Waals surface area contributed by atoms with Crippen LogP contribution in [-0.4, -0.2) is 20.6 Å². The van der Waals surface area contributed by atoms with Crippen molar-refractivity contribution in [3.05, 3.63) is 49.7 Å². The Kier molecular flexibility index (Phi) is 4.97. The highest BCUT2D eigenvalue weighted by Gasteiger charge is 2.27. The molecule has 2 aromatic rings. The lowest BCUT2D eigenvalue weighted by molar-refractivity contribution is -0.386. The molecule has 0 radical (unpaired) electrons. The van der Waals surface area contributed by atoms with Crippen LogP contribution in [-0.2, 0) is 4.79 Å². The number of halogens is 3. The number of hydrogen-bond donors (Lipinski definition) is 1. The number of carbonyl (C=O) groups excluding carboxylic acids is 1. The van der Waals surface area contributed by atoms with Crippen LogP contribution < -0.4 is 5.32 Å². The first-order valence-electron chi connectivity index (χ1n) is 6.79. The molecule has 0 spiro atoms. The molecule has 0 saturated heterocycles. The minimum absolute atomic E-state index is 0.0416. The first kappa shape index (κ1) is 18.0. The highest BCUT2D eigenvalue weighted by atomic mass is 79.9. The molecule has 7 nitrogen and oxygen atoms in total. The van der Waals surface area contributed by atoms with Crippen LogP contribution in [0.2, 0.25) is 0 Å². The normalized spacial score (nSPS) is 12.1. The Morgan fingerprint density at radius 3 is 2.54 bits per heavy atom. The van der Waals surface area contributed by atoms with E-state index in [1.54, 1.807) is 0 Å². The molecule has 0 saturated carbocycles. The van der Waals surface area contributed by atoms with E-state index in [2.05, 4.69) is 26.3 Å². The molecule has 1 aromatic heterocycles. The van der Waals surface area contributed by atoms with Crippen molar-refractivity contribution in [2.24, 2.45) is 0 Å². The van der Waals surface area contributed by atoms with Gasteiger partial charge in [-0.25, -0.2) is 8.78 Å². The van der Waals surface area contributed by atoms with Crippen LogP contribution in [0.15, 0.2) is 16.6 Å². The molecule has 0 fully saturated rings. The van der Waals surface area contributed by atoms with Gasteiger partial charge >= 0.3 is 5.69 Å². The van der Waals surface area contributed by atoms with Crippen LogP contribution >= 0.6 is 15.9 Å². The molecule has 0 aliphatic heterocycles. The number of aromatic nitrogens is 2. The van der Waals surface area contributed by atoms with E-state index in [4.69, 9.17) is 0 Å². The number of anilines is 1. The molecule has 10 heteroatoms. The number of nitro groups is 1. The third kappa shape index (κ3) is 3.28. The molecule has 1 atom stereocenters. The smallest absolute Gasteiger partial charge is 0.312 e. The topological polar surface area (TPSA) is 90.1 Å². The molecule has 0 aliphatic rings. The quantitative estimate of drug-likeness (QED) is 0.624. The van der Waals surface area contributed by atoms with Gasteiger partial charge in [0.1, 0.15) is 23.2 Å². The maximum absolute atomic E-state index is 13.8. The monoisotopic (exact) mass is 402 g/mol. The van der Waals surface area contributed by atoms with E-state index in [1.165, 1.54) is 25.5 Å². The Morgan fingerprint density at radius 1 is 1.42 bits per heavy atom. The van der Waals surface area contributed by atoms with E-state index < -0.39 is 28.5 Å². The van der Waals surface area contributed by atoms with E-state index in [9.17, 15) is 23.7 Å². The number of rotatable bonds is 4. The van der Waals surface area contributed by atoms with Crippen molar-refractivity contribution in [3.63, 3.8) is 0 Å². The summed E-state index contributed by atoms with van der Waals surface area (Å²) in [6, 6.07) is 0.713. The highest BCUT2D eigenvalue weighted by molar-refractivity contribution is 9.10. The number of nitrogens with one attached hydrogen (secondary N) is 1. The zero-order chi connectivity index (χ0) is 18.2. The molecule has 0 aliphatic carbocycles. The average molecular weight is 403 g/mol. The molecule has 1 N–H and O–H groups in total. The fourth-order valence-electron chi connectivity index (χ4n) is 2.30. The molecule has 2 rings (SSSR count). The van der Waals surface area contributed by atoms with Gasteiger partial charge in [0, 0.05) is 10.5 Å². The largest absolute Gasteiger partial charge is 0.321 e. The second-order valence-electron chi connectivity index (χ2n) is 5.13. The van der Waals surface area contributed by atoms with Crippen molar-refractivity contribution in [2.75, 3.05) is 5.32 Å². The minimum Gasteiger partial charge on any atom is -0.321 e. The lowest BCUT2D eigenvalue weighted by Gasteiger charge is -2.15. The summed E-state index contributed by atoms with van der Waals surface area (Å²) in [7, 11) is 0. The fraction of sp³-hybridized carbons (Fsp3) is 0.286. The number of carbonyl (C=O) groups is 1. The zero-order valence-electron chi connectivity index (χ0n) is 12.9. The summed E-state index contributed by atoms with van der Waals surface area (Å²) < 4.78 is 28.1. The molecular formula is C14H13BrF2N4O3. The Balaban J connectivity index is 2.32. The van der Waals surface area contributed by atoms with Crippen LogP contribution in [0, 0.1) is 35.6 Å². The Morgan fingerprint density at radius 2 is 2.04 bits per heavy atom. The van der Waals surface area contributed by atoms with E-state index in [0.717, 1.165) is 6.07 Å².